The number of hydrogen-bond acceptors (Lipinski definition) is 7. The number of nitrogen functional groups attached to an aromatic ring is 1. The average Bonchev–Trinajstić information content (AvgIpc) is 2.94. The van der Waals surface area contributed by atoms with Gasteiger partial charge in [-0.1, -0.05) is 72.8 Å². The molecule has 1 heterocycles. The molecule has 0 fully saturated rings. The van der Waals surface area contributed by atoms with Crippen LogP contribution < -0.4 is 26.6 Å². The summed E-state index contributed by atoms with van der Waals surface area (Å²) < 4.78 is 0. The molecule has 5 aromatic rings. The summed E-state index contributed by atoms with van der Waals surface area (Å²) in [5.41, 5.74) is 17.5. The zero-order valence-corrected chi connectivity index (χ0v) is 19.0. The molecular formula is C28H25N7. The maximum atomic E-state index is 6.59. The Morgan fingerprint density at radius 2 is 0.743 bits per heavy atom. The number of anilines is 7. The van der Waals surface area contributed by atoms with E-state index in [2.05, 4.69) is 20.8 Å². The standard InChI is InChI=1S/C28H25N7/c29-26-27(32-34(22-13-5-1-6-14-22)23-15-7-2-8-16-23)30-21-31-28(26)33-35(24-17-9-3-10-18-24)25-19-11-4-12-20-25/h1-21H,29H2,(H2,30,31,32,33). The van der Waals surface area contributed by atoms with E-state index in [9.17, 15) is 0 Å². The van der Waals surface area contributed by atoms with Crippen molar-refractivity contribution in [3.05, 3.63) is 128 Å². The first kappa shape index (κ1) is 21.8. The highest BCUT2D eigenvalue weighted by Gasteiger charge is 2.17. The van der Waals surface area contributed by atoms with Gasteiger partial charge in [-0.25, -0.2) is 9.97 Å². The van der Waals surface area contributed by atoms with E-state index in [4.69, 9.17) is 5.73 Å². The number of nitrogens with one attached hydrogen (secondary N) is 2. The molecule has 0 spiro atoms. The van der Waals surface area contributed by atoms with Gasteiger partial charge in [0, 0.05) is 0 Å². The fraction of sp³-hybridized carbons (Fsp3) is 0. The van der Waals surface area contributed by atoms with Crippen molar-refractivity contribution in [2.24, 2.45) is 0 Å². The van der Waals surface area contributed by atoms with Crippen molar-refractivity contribution in [3.8, 4) is 0 Å². The summed E-state index contributed by atoms with van der Waals surface area (Å²) in [6.07, 6.45) is 1.49. The van der Waals surface area contributed by atoms with Crippen molar-refractivity contribution in [1.29, 1.82) is 0 Å². The van der Waals surface area contributed by atoms with E-state index in [-0.39, 0.29) is 0 Å². The number of hydrogen-bond donors (Lipinski definition) is 3. The average molecular weight is 460 g/mol. The largest absolute Gasteiger partial charge is 0.393 e. The molecule has 7 heteroatoms. The molecule has 5 rings (SSSR count). The molecule has 4 aromatic carbocycles. The highest BCUT2D eigenvalue weighted by molar-refractivity contribution is 5.80. The highest BCUT2D eigenvalue weighted by atomic mass is 15.5. The molecule has 0 atom stereocenters. The zero-order valence-electron chi connectivity index (χ0n) is 19.0. The van der Waals surface area contributed by atoms with Crippen LogP contribution in [0.2, 0.25) is 0 Å². The van der Waals surface area contributed by atoms with E-state index in [1.165, 1.54) is 6.33 Å². The van der Waals surface area contributed by atoms with Gasteiger partial charge >= 0.3 is 0 Å². The maximum absolute atomic E-state index is 6.59. The molecular weight excluding hydrogens is 434 g/mol. The topological polar surface area (TPSA) is 82.3 Å². The van der Waals surface area contributed by atoms with Gasteiger partial charge in [0.2, 0.25) is 0 Å². The van der Waals surface area contributed by atoms with Crippen molar-refractivity contribution in [2.75, 3.05) is 26.6 Å². The zero-order chi connectivity index (χ0) is 23.9. The van der Waals surface area contributed by atoms with Crippen LogP contribution in [0.5, 0.6) is 0 Å². The molecule has 0 amide bonds. The fourth-order valence-corrected chi connectivity index (χ4v) is 3.65. The molecule has 0 aliphatic carbocycles. The van der Waals surface area contributed by atoms with Crippen LogP contribution in [0.1, 0.15) is 0 Å². The molecule has 0 bridgehead atoms. The molecule has 0 aliphatic rings. The van der Waals surface area contributed by atoms with E-state index < -0.39 is 0 Å². The predicted molar refractivity (Wildman–Crippen MR) is 144 cm³/mol. The minimum absolute atomic E-state index is 0.390. The third-order valence-corrected chi connectivity index (χ3v) is 5.38. The van der Waals surface area contributed by atoms with Crippen LogP contribution in [-0.2, 0) is 0 Å². The van der Waals surface area contributed by atoms with Gasteiger partial charge in [0.25, 0.3) is 0 Å². The molecule has 7 nitrogen and oxygen atoms in total. The second kappa shape index (κ2) is 10.3. The van der Waals surface area contributed by atoms with E-state index in [0.717, 1.165) is 22.7 Å². The Bertz CT molecular complexity index is 1170. The SMILES string of the molecule is Nc1c(NN(c2ccccc2)c2ccccc2)ncnc1NN(c1ccccc1)c1ccccc1. The maximum Gasteiger partial charge on any atom is 0.173 e. The van der Waals surface area contributed by atoms with Crippen molar-refractivity contribution < 1.29 is 0 Å². The third kappa shape index (κ3) is 4.99. The quantitative estimate of drug-likeness (QED) is 0.232. The molecule has 0 saturated carbocycles. The lowest BCUT2D eigenvalue weighted by molar-refractivity contribution is 1.07. The Morgan fingerprint density at radius 1 is 0.457 bits per heavy atom. The summed E-state index contributed by atoms with van der Waals surface area (Å²) in [5, 5.41) is 3.88. The van der Waals surface area contributed by atoms with Gasteiger partial charge in [-0.2, -0.15) is 0 Å². The van der Waals surface area contributed by atoms with Crippen molar-refractivity contribution >= 4 is 40.1 Å². The Hall–Kier alpha value is -5.04. The molecule has 0 radical (unpaired) electrons. The van der Waals surface area contributed by atoms with Gasteiger partial charge in [-0.15, -0.1) is 0 Å². The summed E-state index contributed by atoms with van der Waals surface area (Å²) in [5.74, 6) is 0.965. The molecule has 0 aliphatic heterocycles. The minimum Gasteiger partial charge on any atom is -0.393 e. The van der Waals surface area contributed by atoms with Gasteiger partial charge in [0.15, 0.2) is 11.6 Å². The van der Waals surface area contributed by atoms with Gasteiger partial charge < -0.3 is 5.73 Å². The number of benzene rings is 4. The number of rotatable bonds is 8. The highest BCUT2D eigenvalue weighted by Crippen LogP contribution is 2.32. The summed E-state index contributed by atoms with van der Waals surface area (Å²) in [4.78, 5) is 8.87. The van der Waals surface area contributed by atoms with Crippen LogP contribution in [0.3, 0.4) is 0 Å². The number of hydrazine groups is 2. The van der Waals surface area contributed by atoms with Crippen LogP contribution >= 0.6 is 0 Å². The number of nitrogens with zero attached hydrogens (tertiary/aromatic N) is 4. The smallest absolute Gasteiger partial charge is 0.173 e. The molecule has 0 unspecified atom stereocenters. The lowest BCUT2D eigenvalue weighted by atomic mass is 10.2. The van der Waals surface area contributed by atoms with E-state index in [1.54, 1.807) is 0 Å². The predicted octanol–water partition coefficient (Wildman–Crippen LogP) is 6.39. The Labute approximate surface area is 204 Å². The van der Waals surface area contributed by atoms with Crippen molar-refractivity contribution in [1.82, 2.24) is 9.97 Å². The van der Waals surface area contributed by atoms with Gasteiger partial charge in [0.1, 0.15) is 12.0 Å². The molecule has 35 heavy (non-hydrogen) atoms. The van der Waals surface area contributed by atoms with Crippen molar-refractivity contribution in [3.63, 3.8) is 0 Å². The van der Waals surface area contributed by atoms with E-state index in [1.807, 2.05) is 131 Å². The number of para-hydroxylation sites is 4. The van der Waals surface area contributed by atoms with Gasteiger partial charge in [-0.3, -0.25) is 20.9 Å². The lowest BCUT2D eigenvalue weighted by Gasteiger charge is -2.29. The number of nitrogens with two attached hydrogens (primary N) is 1. The van der Waals surface area contributed by atoms with Crippen LogP contribution in [0, 0.1) is 0 Å². The Balaban J connectivity index is 1.49. The first-order valence-electron chi connectivity index (χ1n) is 11.2. The summed E-state index contributed by atoms with van der Waals surface area (Å²) in [7, 11) is 0. The van der Waals surface area contributed by atoms with E-state index in [0.29, 0.717) is 17.3 Å². The minimum atomic E-state index is 0.390. The monoisotopic (exact) mass is 459 g/mol. The summed E-state index contributed by atoms with van der Waals surface area (Å²) in [6, 6.07) is 40.0. The molecule has 172 valence electrons. The number of aromatic nitrogens is 2. The van der Waals surface area contributed by atoms with Crippen LogP contribution in [-0.4, -0.2) is 9.97 Å². The molecule has 1 aromatic heterocycles. The normalized spacial score (nSPS) is 10.4. The molecule has 4 N–H and O–H groups in total. The summed E-state index contributed by atoms with van der Waals surface area (Å²) in [6.45, 7) is 0. The second-order valence-electron chi connectivity index (χ2n) is 7.72. The fourth-order valence-electron chi connectivity index (χ4n) is 3.65. The van der Waals surface area contributed by atoms with Crippen LogP contribution in [0.15, 0.2) is 128 Å². The van der Waals surface area contributed by atoms with E-state index >= 15 is 0 Å². The van der Waals surface area contributed by atoms with Crippen LogP contribution in [0.4, 0.5) is 40.1 Å². The first-order chi connectivity index (χ1) is 17.3. The Morgan fingerprint density at radius 3 is 1.03 bits per heavy atom. The lowest BCUT2D eigenvalue weighted by Crippen LogP contribution is -2.28. The second-order valence-corrected chi connectivity index (χ2v) is 7.72. The molecule has 0 saturated heterocycles. The van der Waals surface area contributed by atoms with Crippen molar-refractivity contribution in [2.45, 2.75) is 0 Å². The van der Waals surface area contributed by atoms with Crippen LogP contribution in [0.25, 0.3) is 0 Å². The summed E-state index contributed by atoms with van der Waals surface area (Å²) >= 11 is 0. The first-order valence-corrected chi connectivity index (χ1v) is 11.2. The van der Waals surface area contributed by atoms with Gasteiger partial charge in [0.05, 0.1) is 22.7 Å². The van der Waals surface area contributed by atoms with Gasteiger partial charge in [-0.05, 0) is 48.5 Å². The third-order valence-electron chi connectivity index (χ3n) is 5.38. The Kier molecular flexibility index (Phi) is 6.39.